The van der Waals surface area contributed by atoms with Gasteiger partial charge in [0.25, 0.3) is 11.6 Å². The fourth-order valence-corrected chi connectivity index (χ4v) is 2.17. The molecule has 9 nitrogen and oxygen atoms in total. The zero-order valence-electron chi connectivity index (χ0n) is 13.2. The Hall–Kier alpha value is -2.91. The lowest BCUT2D eigenvalue weighted by molar-refractivity contribution is -0.384. The van der Waals surface area contributed by atoms with Crippen LogP contribution in [0.3, 0.4) is 0 Å². The van der Waals surface area contributed by atoms with Crippen molar-refractivity contribution in [1.29, 1.82) is 0 Å². The molecule has 1 N–H and O–H groups in total. The highest BCUT2D eigenvalue weighted by molar-refractivity contribution is 6.34. The molecule has 2 aromatic rings. The molecule has 0 saturated carbocycles. The Morgan fingerprint density at radius 3 is 2.65 bits per heavy atom. The van der Waals surface area contributed by atoms with E-state index in [1.165, 1.54) is 31.4 Å². The number of amides is 1. The molecular formula is C15H11Cl2N3O6. The van der Waals surface area contributed by atoms with E-state index in [4.69, 9.17) is 32.7 Å². The summed E-state index contributed by atoms with van der Waals surface area (Å²) in [6.45, 7) is -0.635. The molecular weight excluding hydrogens is 389 g/mol. The molecule has 0 bridgehead atoms. The smallest absolute Gasteiger partial charge is 0.359 e. The Morgan fingerprint density at radius 2 is 2.00 bits per heavy atom. The molecule has 0 aliphatic heterocycles. The average molecular weight is 400 g/mol. The number of non-ortho nitro benzene ring substituents is 1. The minimum Gasteiger partial charge on any atom is -0.494 e. The van der Waals surface area contributed by atoms with Crippen molar-refractivity contribution in [3.63, 3.8) is 0 Å². The number of aromatic nitrogens is 1. The first-order chi connectivity index (χ1) is 12.3. The first-order valence-electron chi connectivity index (χ1n) is 6.93. The van der Waals surface area contributed by atoms with Crippen LogP contribution in [0.25, 0.3) is 0 Å². The van der Waals surface area contributed by atoms with Gasteiger partial charge in [0.15, 0.2) is 12.3 Å². The zero-order chi connectivity index (χ0) is 19.3. The van der Waals surface area contributed by atoms with Crippen molar-refractivity contribution in [2.45, 2.75) is 0 Å². The molecule has 2 rings (SSSR count). The summed E-state index contributed by atoms with van der Waals surface area (Å²) in [5, 5.41) is 13.2. The first kappa shape index (κ1) is 19.4. The number of carbonyl (C=O) groups excluding carboxylic acids is 2. The standard InChI is InChI=1S/C15H11Cl2N3O6/c1-25-11-6-8(20(23)24)2-4-10(11)18-13(21)7-26-15(22)14-9(16)3-5-12(17)19-14/h2-6H,7H2,1H3,(H,18,21). The Morgan fingerprint density at radius 1 is 1.27 bits per heavy atom. The van der Waals surface area contributed by atoms with Crippen LogP contribution >= 0.6 is 23.2 Å². The van der Waals surface area contributed by atoms with Crippen LogP contribution in [0.1, 0.15) is 10.5 Å². The van der Waals surface area contributed by atoms with E-state index >= 15 is 0 Å². The van der Waals surface area contributed by atoms with Gasteiger partial charge in [0.1, 0.15) is 10.9 Å². The Bertz CT molecular complexity index is 874. The lowest BCUT2D eigenvalue weighted by atomic mass is 10.2. The lowest BCUT2D eigenvalue weighted by Gasteiger charge is -2.10. The van der Waals surface area contributed by atoms with E-state index in [9.17, 15) is 19.7 Å². The molecule has 11 heteroatoms. The third-order valence-electron chi connectivity index (χ3n) is 3.01. The van der Waals surface area contributed by atoms with Crippen molar-refractivity contribution in [2.24, 2.45) is 0 Å². The number of hydrogen-bond acceptors (Lipinski definition) is 7. The SMILES string of the molecule is COc1cc([N+](=O)[O-])ccc1NC(=O)COC(=O)c1nc(Cl)ccc1Cl. The molecule has 0 saturated heterocycles. The number of benzene rings is 1. The van der Waals surface area contributed by atoms with Crippen LogP contribution in [0.4, 0.5) is 11.4 Å². The molecule has 0 radical (unpaired) electrons. The number of esters is 1. The molecule has 1 aromatic carbocycles. The summed E-state index contributed by atoms with van der Waals surface area (Å²) in [6.07, 6.45) is 0. The van der Waals surface area contributed by atoms with Crippen LogP contribution in [-0.4, -0.2) is 35.5 Å². The van der Waals surface area contributed by atoms with E-state index in [2.05, 4.69) is 10.3 Å². The van der Waals surface area contributed by atoms with Gasteiger partial charge in [0, 0.05) is 6.07 Å². The summed E-state index contributed by atoms with van der Waals surface area (Å²) in [7, 11) is 1.29. The molecule has 26 heavy (non-hydrogen) atoms. The number of hydrogen-bond donors (Lipinski definition) is 1. The van der Waals surface area contributed by atoms with Gasteiger partial charge in [-0.1, -0.05) is 23.2 Å². The number of halogens is 2. The predicted octanol–water partition coefficient (Wildman–Crippen LogP) is 3.10. The quantitative estimate of drug-likeness (QED) is 0.342. The number of methoxy groups -OCH3 is 1. The van der Waals surface area contributed by atoms with Crippen molar-refractivity contribution in [3.05, 3.63) is 56.3 Å². The Balaban J connectivity index is 2.02. The van der Waals surface area contributed by atoms with Crippen LogP contribution in [0.5, 0.6) is 5.75 Å². The van der Waals surface area contributed by atoms with Gasteiger partial charge in [-0.25, -0.2) is 9.78 Å². The number of ether oxygens (including phenoxy) is 2. The van der Waals surface area contributed by atoms with Gasteiger partial charge < -0.3 is 14.8 Å². The summed E-state index contributed by atoms with van der Waals surface area (Å²) in [6, 6.07) is 6.41. The molecule has 0 aliphatic rings. The Kier molecular flexibility index (Phi) is 6.31. The van der Waals surface area contributed by atoms with Gasteiger partial charge in [-0.05, 0) is 18.2 Å². The van der Waals surface area contributed by atoms with Gasteiger partial charge in [0.05, 0.1) is 28.8 Å². The fraction of sp³-hybridized carbons (Fsp3) is 0.133. The van der Waals surface area contributed by atoms with Crippen LogP contribution in [0.15, 0.2) is 30.3 Å². The Labute approximate surface area is 157 Å². The average Bonchev–Trinajstić information content (AvgIpc) is 2.61. The first-order valence-corrected chi connectivity index (χ1v) is 7.69. The molecule has 0 spiro atoms. The fourth-order valence-electron chi connectivity index (χ4n) is 1.84. The summed E-state index contributed by atoms with van der Waals surface area (Å²) in [5.74, 6) is -1.54. The number of anilines is 1. The van der Waals surface area contributed by atoms with Crippen molar-refractivity contribution in [3.8, 4) is 5.75 Å². The summed E-state index contributed by atoms with van der Waals surface area (Å²) >= 11 is 11.5. The van der Waals surface area contributed by atoms with E-state index in [1.807, 2.05) is 0 Å². The van der Waals surface area contributed by atoms with Crippen LogP contribution in [0, 0.1) is 10.1 Å². The summed E-state index contributed by atoms with van der Waals surface area (Å²) in [5.41, 5.74) is -0.245. The highest BCUT2D eigenvalue weighted by Crippen LogP contribution is 2.28. The van der Waals surface area contributed by atoms with E-state index in [1.54, 1.807) is 0 Å². The summed E-state index contributed by atoms with van der Waals surface area (Å²) < 4.78 is 9.82. The van der Waals surface area contributed by atoms with Crippen molar-refractivity contribution in [1.82, 2.24) is 4.98 Å². The van der Waals surface area contributed by atoms with Gasteiger partial charge in [-0.2, -0.15) is 0 Å². The second kappa shape index (κ2) is 8.45. The largest absolute Gasteiger partial charge is 0.494 e. The minimum atomic E-state index is -0.927. The third-order valence-corrected chi connectivity index (χ3v) is 3.53. The van der Waals surface area contributed by atoms with E-state index in [0.29, 0.717) is 0 Å². The summed E-state index contributed by atoms with van der Waals surface area (Å²) in [4.78, 5) is 37.7. The maximum Gasteiger partial charge on any atom is 0.359 e. The number of pyridine rings is 1. The van der Waals surface area contributed by atoms with E-state index in [0.717, 1.165) is 6.07 Å². The number of nitro groups is 1. The molecule has 1 amide bonds. The maximum absolute atomic E-state index is 11.9. The van der Waals surface area contributed by atoms with Gasteiger partial charge in [-0.15, -0.1) is 0 Å². The molecule has 0 fully saturated rings. The van der Waals surface area contributed by atoms with Crippen molar-refractivity contribution in [2.75, 3.05) is 19.0 Å². The van der Waals surface area contributed by atoms with E-state index < -0.39 is 23.4 Å². The van der Waals surface area contributed by atoms with Crippen molar-refractivity contribution < 1.29 is 24.0 Å². The highest BCUT2D eigenvalue weighted by Gasteiger charge is 2.18. The van der Waals surface area contributed by atoms with Crippen LogP contribution in [-0.2, 0) is 9.53 Å². The third kappa shape index (κ3) is 4.80. The molecule has 1 aromatic heterocycles. The van der Waals surface area contributed by atoms with Crippen molar-refractivity contribution >= 4 is 46.5 Å². The zero-order valence-corrected chi connectivity index (χ0v) is 14.7. The predicted molar refractivity (Wildman–Crippen MR) is 92.8 cm³/mol. The molecule has 0 atom stereocenters. The molecule has 0 unspecified atom stereocenters. The molecule has 136 valence electrons. The normalized spacial score (nSPS) is 10.1. The van der Waals surface area contributed by atoms with Crippen LogP contribution in [0.2, 0.25) is 10.2 Å². The number of carbonyl (C=O) groups is 2. The van der Waals surface area contributed by atoms with Gasteiger partial charge >= 0.3 is 5.97 Å². The van der Waals surface area contributed by atoms with Gasteiger partial charge in [0.2, 0.25) is 0 Å². The minimum absolute atomic E-state index is 0.0249. The highest BCUT2D eigenvalue weighted by atomic mass is 35.5. The number of rotatable bonds is 6. The lowest BCUT2D eigenvalue weighted by Crippen LogP contribution is -2.21. The monoisotopic (exact) mass is 399 g/mol. The van der Waals surface area contributed by atoms with Crippen LogP contribution < -0.4 is 10.1 Å². The van der Waals surface area contributed by atoms with E-state index in [-0.39, 0.29) is 33.0 Å². The number of nitrogens with zero attached hydrogens (tertiary/aromatic N) is 2. The number of nitrogens with one attached hydrogen (secondary N) is 1. The second-order valence-corrected chi connectivity index (χ2v) is 5.52. The number of nitro benzene ring substituents is 1. The second-order valence-electron chi connectivity index (χ2n) is 4.73. The molecule has 1 heterocycles. The van der Waals surface area contributed by atoms with Gasteiger partial charge in [-0.3, -0.25) is 14.9 Å². The topological polar surface area (TPSA) is 121 Å². The molecule has 0 aliphatic carbocycles. The maximum atomic E-state index is 11.9.